The molecular weight excluding hydrogens is 426 g/mol. The average Bonchev–Trinajstić information content (AvgIpc) is 3.20. The topological polar surface area (TPSA) is 77.6 Å². The summed E-state index contributed by atoms with van der Waals surface area (Å²) in [5, 5.41) is 15.5. The van der Waals surface area contributed by atoms with Crippen LogP contribution in [0.2, 0.25) is 5.02 Å². The molecule has 2 aromatic carbocycles. The Balaban J connectivity index is 1.60. The van der Waals surface area contributed by atoms with Crippen LogP contribution in [-0.4, -0.2) is 53.2 Å². The fourth-order valence-electron chi connectivity index (χ4n) is 3.83. The third-order valence-electron chi connectivity index (χ3n) is 5.65. The molecule has 6 nitrogen and oxygen atoms in total. The van der Waals surface area contributed by atoms with Gasteiger partial charge in [-0.2, -0.15) is 0 Å². The van der Waals surface area contributed by atoms with Crippen LogP contribution in [0.15, 0.2) is 48.7 Å². The van der Waals surface area contributed by atoms with Gasteiger partial charge < -0.3 is 25.0 Å². The first kappa shape index (κ1) is 24.1. The Hall–Kier alpha value is -2.54. The maximum atomic E-state index is 12.3. The summed E-state index contributed by atoms with van der Waals surface area (Å²) in [6, 6.07) is 13.3. The Morgan fingerprint density at radius 1 is 1.22 bits per heavy atom. The molecule has 0 unspecified atom stereocenters. The molecule has 3 rings (SSSR count). The highest BCUT2D eigenvalue weighted by Crippen LogP contribution is 2.28. The summed E-state index contributed by atoms with van der Waals surface area (Å²) in [6.07, 6.45) is 2.14. The van der Waals surface area contributed by atoms with E-state index >= 15 is 0 Å². The van der Waals surface area contributed by atoms with Gasteiger partial charge in [0.2, 0.25) is 0 Å². The number of carbonyl (C=O) groups is 1. The number of fused-ring (bicyclic) bond motifs is 1. The molecule has 0 fully saturated rings. The van der Waals surface area contributed by atoms with E-state index in [0.717, 1.165) is 28.5 Å². The van der Waals surface area contributed by atoms with Gasteiger partial charge in [0.25, 0.3) is 5.91 Å². The van der Waals surface area contributed by atoms with Crippen LogP contribution < -0.4 is 10.1 Å². The summed E-state index contributed by atoms with van der Waals surface area (Å²) in [4.78, 5) is 17.3. The maximum Gasteiger partial charge on any atom is 0.260 e. The van der Waals surface area contributed by atoms with Crippen molar-refractivity contribution >= 4 is 28.4 Å². The van der Waals surface area contributed by atoms with Crippen molar-refractivity contribution < 1.29 is 14.6 Å². The molecule has 0 spiro atoms. The molecule has 0 saturated carbocycles. The number of likely N-dealkylation sites (N-methyl/N-ethyl adjacent to an activating group) is 1. The zero-order valence-corrected chi connectivity index (χ0v) is 19.7. The van der Waals surface area contributed by atoms with Crippen LogP contribution >= 0.6 is 11.6 Å². The maximum absolute atomic E-state index is 12.3. The number of benzene rings is 2. The highest BCUT2D eigenvalue weighted by Gasteiger charge is 2.15. The first-order chi connectivity index (χ1) is 15.4. The van der Waals surface area contributed by atoms with Crippen molar-refractivity contribution in [1.82, 2.24) is 15.2 Å². The molecule has 0 radical (unpaired) electrons. The van der Waals surface area contributed by atoms with Crippen LogP contribution in [-0.2, 0) is 11.2 Å². The van der Waals surface area contributed by atoms with E-state index in [0.29, 0.717) is 30.4 Å². The van der Waals surface area contributed by atoms with E-state index in [1.165, 1.54) is 0 Å². The highest BCUT2D eigenvalue weighted by molar-refractivity contribution is 6.30. The third kappa shape index (κ3) is 6.03. The van der Waals surface area contributed by atoms with E-state index < -0.39 is 6.10 Å². The van der Waals surface area contributed by atoms with Gasteiger partial charge in [0, 0.05) is 42.3 Å². The molecule has 1 heterocycles. The first-order valence-corrected chi connectivity index (χ1v) is 11.5. The van der Waals surface area contributed by atoms with Crippen molar-refractivity contribution in [2.45, 2.75) is 39.3 Å². The number of aromatic nitrogens is 1. The normalized spacial score (nSPS) is 13.2. The summed E-state index contributed by atoms with van der Waals surface area (Å²) >= 11 is 6.02. The SMILES string of the molecule is CCN(CC)C(=O)COc1cccc2c(C[C@@H](C)NC[C@H](O)c3cccc(Cl)c3)c[nH]c12. The Bertz CT molecular complexity index is 1030. The minimum Gasteiger partial charge on any atom is -0.482 e. The van der Waals surface area contributed by atoms with Gasteiger partial charge in [0.05, 0.1) is 11.6 Å². The Morgan fingerprint density at radius 2 is 1.97 bits per heavy atom. The molecule has 3 N–H and O–H groups in total. The minimum absolute atomic E-state index is 0.0186. The molecule has 32 heavy (non-hydrogen) atoms. The second-order valence-corrected chi connectivity index (χ2v) is 8.37. The number of ether oxygens (including phenoxy) is 1. The van der Waals surface area contributed by atoms with Crippen molar-refractivity contribution in [2.75, 3.05) is 26.2 Å². The molecule has 0 aliphatic rings. The van der Waals surface area contributed by atoms with Gasteiger partial charge >= 0.3 is 0 Å². The minimum atomic E-state index is -0.623. The molecule has 1 amide bonds. The number of hydrogen-bond donors (Lipinski definition) is 3. The third-order valence-corrected chi connectivity index (χ3v) is 5.88. The lowest BCUT2D eigenvalue weighted by Crippen LogP contribution is -2.34. The number of aliphatic hydroxyl groups excluding tert-OH is 1. The fourth-order valence-corrected chi connectivity index (χ4v) is 4.03. The Labute approximate surface area is 194 Å². The van der Waals surface area contributed by atoms with Crippen molar-refractivity contribution in [3.05, 3.63) is 64.8 Å². The summed E-state index contributed by atoms with van der Waals surface area (Å²) in [7, 11) is 0. The number of nitrogens with one attached hydrogen (secondary N) is 2. The van der Waals surface area contributed by atoms with E-state index in [-0.39, 0.29) is 18.6 Å². The van der Waals surface area contributed by atoms with Crippen molar-refractivity contribution in [3.63, 3.8) is 0 Å². The molecule has 0 saturated heterocycles. The second-order valence-electron chi connectivity index (χ2n) is 7.93. The predicted molar refractivity (Wildman–Crippen MR) is 129 cm³/mol. The van der Waals surface area contributed by atoms with Crippen LogP contribution in [0.5, 0.6) is 5.75 Å². The van der Waals surface area contributed by atoms with Gasteiger partial charge in [-0.25, -0.2) is 0 Å². The first-order valence-electron chi connectivity index (χ1n) is 11.1. The van der Waals surface area contributed by atoms with E-state index in [2.05, 4.69) is 17.2 Å². The number of aromatic amines is 1. The lowest BCUT2D eigenvalue weighted by Gasteiger charge is -2.19. The average molecular weight is 458 g/mol. The summed E-state index contributed by atoms with van der Waals surface area (Å²) < 4.78 is 5.84. The zero-order valence-electron chi connectivity index (χ0n) is 18.9. The van der Waals surface area contributed by atoms with Gasteiger partial charge in [-0.15, -0.1) is 0 Å². The number of halogens is 1. The van der Waals surface area contributed by atoms with E-state index in [9.17, 15) is 9.90 Å². The summed E-state index contributed by atoms with van der Waals surface area (Å²) in [5.74, 6) is 0.654. The predicted octanol–water partition coefficient (Wildman–Crippen LogP) is 4.32. The number of nitrogens with zero attached hydrogens (tertiary/aromatic N) is 1. The van der Waals surface area contributed by atoms with Crippen LogP contribution in [0.3, 0.4) is 0 Å². The lowest BCUT2D eigenvalue weighted by atomic mass is 10.0. The summed E-state index contributed by atoms with van der Waals surface area (Å²) in [5.41, 5.74) is 2.84. The van der Waals surface area contributed by atoms with Crippen molar-refractivity contribution in [1.29, 1.82) is 0 Å². The zero-order chi connectivity index (χ0) is 23.1. The number of rotatable bonds is 11. The molecule has 0 aliphatic carbocycles. The molecule has 0 aliphatic heterocycles. The quantitative estimate of drug-likeness (QED) is 0.400. The monoisotopic (exact) mass is 457 g/mol. The number of H-pyrrole nitrogens is 1. The fraction of sp³-hybridized carbons (Fsp3) is 0.400. The van der Waals surface area contributed by atoms with Crippen LogP contribution in [0.25, 0.3) is 10.9 Å². The van der Waals surface area contributed by atoms with Crippen LogP contribution in [0.4, 0.5) is 0 Å². The largest absolute Gasteiger partial charge is 0.482 e. The molecule has 2 atom stereocenters. The van der Waals surface area contributed by atoms with Gasteiger partial charge in [-0.3, -0.25) is 4.79 Å². The lowest BCUT2D eigenvalue weighted by molar-refractivity contribution is -0.132. The van der Waals surface area contributed by atoms with E-state index in [4.69, 9.17) is 16.3 Å². The number of carbonyl (C=O) groups excluding carboxylic acids is 1. The number of aliphatic hydroxyl groups is 1. The Morgan fingerprint density at radius 3 is 2.69 bits per heavy atom. The van der Waals surface area contributed by atoms with Gasteiger partial charge in [-0.05, 0) is 56.5 Å². The Kier molecular flexibility index (Phi) is 8.56. The molecule has 7 heteroatoms. The molecular formula is C25H32ClN3O3. The van der Waals surface area contributed by atoms with Crippen LogP contribution in [0, 0.1) is 0 Å². The number of hydrogen-bond acceptors (Lipinski definition) is 4. The number of amides is 1. The van der Waals surface area contributed by atoms with Crippen molar-refractivity contribution in [2.24, 2.45) is 0 Å². The van der Waals surface area contributed by atoms with Gasteiger partial charge in [-0.1, -0.05) is 35.9 Å². The summed E-state index contributed by atoms with van der Waals surface area (Å²) in [6.45, 7) is 7.82. The molecule has 3 aromatic rings. The van der Waals surface area contributed by atoms with Gasteiger partial charge in [0.15, 0.2) is 6.61 Å². The van der Waals surface area contributed by atoms with Crippen LogP contribution in [0.1, 0.15) is 38.0 Å². The van der Waals surface area contributed by atoms with Gasteiger partial charge in [0.1, 0.15) is 5.75 Å². The molecule has 1 aromatic heterocycles. The van der Waals surface area contributed by atoms with E-state index in [1.807, 2.05) is 50.4 Å². The number of para-hydroxylation sites is 1. The molecule has 0 bridgehead atoms. The van der Waals surface area contributed by atoms with Crippen molar-refractivity contribution in [3.8, 4) is 5.75 Å². The molecule has 172 valence electrons. The van der Waals surface area contributed by atoms with E-state index in [1.54, 1.807) is 17.0 Å². The standard InChI is InChI=1S/C25H32ClN3O3/c1-4-29(5-2)24(31)16-32-23-11-7-10-21-19(14-28-25(21)23)12-17(3)27-15-22(30)18-8-6-9-20(26)13-18/h6-11,13-14,17,22,27-28,30H,4-5,12,15-16H2,1-3H3/t17-,22+/m1/s1. The smallest absolute Gasteiger partial charge is 0.260 e. The second kappa shape index (κ2) is 11.4. The highest BCUT2D eigenvalue weighted by atomic mass is 35.5.